The molecule has 0 aromatic heterocycles. The van der Waals surface area contributed by atoms with Crippen LogP contribution in [0.1, 0.15) is 64.7 Å². The van der Waals surface area contributed by atoms with Gasteiger partial charge in [0.1, 0.15) is 0 Å². The third kappa shape index (κ3) is 2.57. The van der Waals surface area contributed by atoms with Crippen LogP contribution in [0.2, 0.25) is 0 Å². The van der Waals surface area contributed by atoms with Gasteiger partial charge in [-0.1, -0.05) is 63.7 Å². The quantitative estimate of drug-likeness (QED) is 0.376. The van der Waals surface area contributed by atoms with Gasteiger partial charge < -0.3 is 0 Å². The Hall–Kier alpha value is -0.990. The highest BCUT2D eigenvalue weighted by molar-refractivity contribution is 5.36. The Morgan fingerprint density at radius 1 is 1.18 bits per heavy atom. The van der Waals surface area contributed by atoms with Gasteiger partial charge in [-0.05, 0) is 30.8 Å². The van der Waals surface area contributed by atoms with Gasteiger partial charge in [-0.2, -0.15) is 8.78 Å². The molecule has 0 amide bonds. The Morgan fingerprint density at radius 2 is 1.86 bits per heavy atom. The van der Waals surface area contributed by atoms with Gasteiger partial charge in [0.2, 0.25) is 0 Å². The largest absolute Gasteiger partial charge is 0.311 e. The lowest BCUT2D eigenvalue weighted by Gasteiger charge is -2.54. The summed E-state index contributed by atoms with van der Waals surface area (Å²) in [7, 11) is 0. The zero-order chi connectivity index (χ0) is 16.3. The van der Waals surface area contributed by atoms with Crippen LogP contribution in [0.4, 0.5) is 13.2 Å². The molecule has 2 rings (SSSR count). The predicted molar refractivity (Wildman–Crippen MR) is 85.6 cm³/mol. The van der Waals surface area contributed by atoms with Gasteiger partial charge in [-0.3, -0.25) is 0 Å². The first-order valence-corrected chi connectivity index (χ1v) is 8.53. The van der Waals surface area contributed by atoms with Crippen LogP contribution in [-0.2, 0) is 0 Å². The molecular weight excluding hydrogens is 285 g/mol. The molecule has 0 aromatic rings. The lowest BCUT2D eigenvalue weighted by atomic mass is 9.51. The molecule has 22 heavy (non-hydrogen) atoms. The summed E-state index contributed by atoms with van der Waals surface area (Å²) in [5.41, 5.74) is -2.17. The van der Waals surface area contributed by atoms with Gasteiger partial charge in [-0.15, -0.1) is 6.58 Å². The minimum atomic E-state index is -3.49. The molecule has 0 spiro atoms. The second-order valence-corrected chi connectivity index (χ2v) is 6.82. The molecule has 1 fully saturated rings. The zero-order valence-electron chi connectivity index (χ0n) is 13.5. The van der Waals surface area contributed by atoms with Gasteiger partial charge in [-0.25, -0.2) is 4.39 Å². The lowest BCUT2D eigenvalue weighted by molar-refractivity contribution is -0.134. The number of unbranched alkanes of at least 4 members (excludes halogenated alkanes) is 2. The molecule has 3 heteroatoms. The van der Waals surface area contributed by atoms with Crippen LogP contribution in [0.25, 0.3) is 0 Å². The molecule has 124 valence electrons. The molecule has 1 atom stereocenters. The van der Waals surface area contributed by atoms with E-state index in [0.717, 1.165) is 63.9 Å². The second-order valence-electron chi connectivity index (χ2n) is 6.82. The van der Waals surface area contributed by atoms with E-state index in [0.29, 0.717) is 0 Å². The fourth-order valence-corrected chi connectivity index (χ4v) is 4.43. The van der Waals surface area contributed by atoms with Crippen LogP contribution in [0, 0.1) is 10.8 Å². The third-order valence-electron chi connectivity index (χ3n) is 5.69. The van der Waals surface area contributed by atoms with Crippen molar-refractivity contribution in [1.29, 1.82) is 0 Å². The molecule has 1 unspecified atom stereocenters. The Labute approximate surface area is 132 Å². The first kappa shape index (κ1) is 17.4. The van der Waals surface area contributed by atoms with E-state index in [9.17, 15) is 13.2 Å². The van der Waals surface area contributed by atoms with Crippen molar-refractivity contribution in [3.05, 3.63) is 36.7 Å². The van der Waals surface area contributed by atoms with E-state index in [1.807, 2.05) is 0 Å². The molecule has 0 saturated heterocycles. The van der Waals surface area contributed by atoms with Gasteiger partial charge in [0.05, 0.1) is 5.41 Å². The predicted octanol–water partition coefficient (Wildman–Crippen LogP) is 6.75. The van der Waals surface area contributed by atoms with Crippen molar-refractivity contribution < 1.29 is 13.2 Å². The minimum absolute atomic E-state index is 0.576. The van der Waals surface area contributed by atoms with E-state index < -0.39 is 22.6 Å². The summed E-state index contributed by atoms with van der Waals surface area (Å²) in [6.07, 6.45) is 13.3. The van der Waals surface area contributed by atoms with Crippen molar-refractivity contribution in [2.75, 3.05) is 0 Å². The standard InChI is InChI=1S/C19H27F3/c1-3-5-7-12-17(13-8-6-9-14-17)18(4-2)15-10-11-16(20)19(18,21)22/h4,10-11,15H,2-3,5-9,12-14H2,1H3. The average molecular weight is 312 g/mol. The van der Waals surface area contributed by atoms with Crippen molar-refractivity contribution in [1.82, 2.24) is 0 Å². The summed E-state index contributed by atoms with van der Waals surface area (Å²) in [5, 5.41) is 0. The Morgan fingerprint density at radius 3 is 2.45 bits per heavy atom. The van der Waals surface area contributed by atoms with Crippen molar-refractivity contribution in [3.63, 3.8) is 0 Å². The fraction of sp³-hybridized carbons (Fsp3) is 0.684. The zero-order valence-corrected chi connectivity index (χ0v) is 13.5. The number of hydrogen-bond donors (Lipinski definition) is 0. The molecule has 0 heterocycles. The number of halogens is 3. The summed E-state index contributed by atoms with van der Waals surface area (Å²) in [6, 6.07) is 0. The monoisotopic (exact) mass is 312 g/mol. The van der Waals surface area contributed by atoms with E-state index >= 15 is 0 Å². The first-order chi connectivity index (χ1) is 10.5. The molecule has 0 nitrogen and oxygen atoms in total. The summed E-state index contributed by atoms with van der Waals surface area (Å²) in [4.78, 5) is 0. The Kier molecular flexibility index (Phi) is 5.24. The Bertz CT molecular complexity index is 455. The van der Waals surface area contributed by atoms with Gasteiger partial charge in [0.25, 0.3) is 0 Å². The lowest BCUT2D eigenvalue weighted by Crippen LogP contribution is -2.53. The maximum absolute atomic E-state index is 14.9. The summed E-state index contributed by atoms with van der Waals surface area (Å²) in [5.74, 6) is -4.82. The molecule has 2 aliphatic carbocycles. The van der Waals surface area contributed by atoms with Crippen LogP contribution < -0.4 is 0 Å². The van der Waals surface area contributed by atoms with Crippen molar-refractivity contribution in [2.45, 2.75) is 70.6 Å². The van der Waals surface area contributed by atoms with Crippen molar-refractivity contribution in [3.8, 4) is 0 Å². The Balaban J connectivity index is 2.45. The highest BCUT2D eigenvalue weighted by Gasteiger charge is 2.64. The summed E-state index contributed by atoms with van der Waals surface area (Å²) >= 11 is 0. The fourth-order valence-electron chi connectivity index (χ4n) is 4.43. The maximum Gasteiger partial charge on any atom is 0.311 e. The molecule has 0 aliphatic heterocycles. The normalized spacial score (nSPS) is 29.9. The third-order valence-corrected chi connectivity index (χ3v) is 5.69. The number of allylic oxidation sites excluding steroid dienone is 5. The molecule has 0 bridgehead atoms. The molecule has 0 N–H and O–H groups in total. The molecule has 0 radical (unpaired) electrons. The maximum atomic E-state index is 14.9. The van der Waals surface area contributed by atoms with Crippen molar-refractivity contribution in [2.24, 2.45) is 10.8 Å². The van der Waals surface area contributed by atoms with E-state index in [2.05, 4.69) is 13.5 Å². The van der Waals surface area contributed by atoms with E-state index in [-0.39, 0.29) is 0 Å². The average Bonchev–Trinajstić information content (AvgIpc) is 2.51. The number of alkyl halides is 2. The number of hydrogen-bond acceptors (Lipinski definition) is 0. The van der Waals surface area contributed by atoms with E-state index in [4.69, 9.17) is 0 Å². The molecular formula is C19H27F3. The number of rotatable bonds is 6. The highest BCUT2D eigenvalue weighted by atomic mass is 19.3. The smallest absolute Gasteiger partial charge is 0.205 e. The topological polar surface area (TPSA) is 0 Å². The highest BCUT2D eigenvalue weighted by Crippen LogP contribution is 2.63. The van der Waals surface area contributed by atoms with E-state index in [1.54, 1.807) is 0 Å². The van der Waals surface area contributed by atoms with Gasteiger partial charge >= 0.3 is 5.92 Å². The van der Waals surface area contributed by atoms with Crippen LogP contribution >= 0.6 is 0 Å². The first-order valence-electron chi connectivity index (χ1n) is 8.53. The van der Waals surface area contributed by atoms with Crippen LogP contribution in [-0.4, -0.2) is 5.92 Å². The molecule has 1 saturated carbocycles. The van der Waals surface area contributed by atoms with Crippen LogP contribution in [0.15, 0.2) is 36.7 Å². The molecule has 2 aliphatic rings. The summed E-state index contributed by atoms with van der Waals surface area (Å²) < 4.78 is 43.8. The van der Waals surface area contributed by atoms with Crippen molar-refractivity contribution >= 4 is 0 Å². The van der Waals surface area contributed by atoms with Crippen LogP contribution in [0.3, 0.4) is 0 Å². The van der Waals surface area contributed by atoms with Gasteiger partial charge in [0.15, 0.2) is 5.83 Å². The molecule has 0 aromatic carbocycles. The minimum Gasteiger partial charge on any atom is -0.205 e. The van der Waals surface area contributed by atoms with Gasteiger partial charge in [0, 0.05) is 0 Å². The van der Waals surface area contributed by atoms with E-state index in [1.165, 1.54) is 18.2 Å². The van der Waals surface area contributed by atoms with Crippen LogP contribution in [0.5, 0.6) is 0 Å². The summed E-state index contributed by atoms with van der Waals surface area (Å²) in [6.45, 7) is 5.82. The SMILES string of the molecule is C=CC1(C2(CCCCC)CCCCC2)C=CC=C(F)C1(F)F. The second kappa shape index (κ2) is 6.64.